The number of ether oxygens (including phenoxy) is 1. The molecule has 0 bridgehead atoms. The van der Waals surface area contributed by atoms with Crippen molar-refractivity contribution >= 4 is 37.3 Å². The van der Waals surface area contributed by atoms with Gasteiger partial charge in [0.15, 0.2) is 5.75 Å². The quantitative estimate of drug-likeness (QED) is 0.334. The molecule has 1 saturated heterocycles. The van der Waals surface area contributed by atoms with Crippen LogP contribution < -0.4 is 4.74 Å². The maximum Gasteiger partial charge on any atom is 0.218 e. The van der Waals surface area contributed by atoms with Gasteiger partial charge in [-0.15, -0.1) is 21.5 Å². The Bertz CT molecular complexity index is 1400. The molecular formula is C23H22BrN5O4S2. The number of sulfonamides is 1. The van der Waals surface area contributed by atoms with Crippen molar-refractivity contribution < 1.29 is 18.3 Å². The van der Waals surface area contributed by atoms with Gasteiger partial charge in [-0.3, -0.25) is 0 Å². The van der Waals surface area contributed by atoms with Gasteiger partial charge in [0, 0.05) is 13.1 Å². The second-order valence-corrected chi connectivity index (χ2v) is 11.9. The number of nitrogens with one attached hydrogen (secondary N) is 1. The lowest BCUT2D eigenvalue weighted by Crippen LogP contribution is -2.42. The molecule has 9 nitrogen and oxygen atoms in total. The average Bonchev–Trinajstić information content (AvgIpc) is 3.49. The van der Waals surface area contributed by atoms with Crippen molar-refractivity contribution in [3.8, 4) is 32.6 Å². The van der Waals surface area contributed by atoms with Gasteiger partial charge in [-0.1, -0.05) is 42.5 Å². The van der Waals surface area contributed by atoms with Crippen molar-refractivity contribution in [2.45, 2.75) is 24.7 Å². The third kappa shape index (κ3) is 5.25. The highest BCUT2D eigenvalue weighted by molar-refractivity contribution is 9.10. The van der Waals surface area contributed by atoms with E-state index in [-0.39, 0.29) is 17.6 Å². The van der Waals surface area contributed by atoms with Crippen molar-refractivity contribution in [3.05, 3.63) is 64.6 Å². The minimum absolute atomic E-state index is 0.00972. The monoisotopic (exact) mass is 575 g/mol. The van der Waals surface area contributed by atoms with Crippen LogP contribution in [0.1, 0.15) is 18.4 Å². The molecule has 0 amide bonds. The zero-order chi connectivity index (χ0) is 24.4. The Morgan fingerprint density at radius 3 is 2.60 bits per heavy atom. The van der Waals surface area contributed by atoms with Crippen LogP contribution in [-0.2, 0) is 15.8 Å². The number of aromatic hydroxyl groups is 1. The number of halogens is 1. The van der Waals surface area contributed by atoms with Crippen LogP contribution in [0, 0.1) is 0 Å². The molecule has 0 spiro atoms. The van der Waals surface area contributed by atoms with E-state index in [4.69, 9.17) is 4.74 Å². The molecule has 5 rings (SSSR count). The number of aromatic amines is 1. The summed E-state index contributed by atoms with van der Waals surface area (Å²) < 4.78 is 34.0. The Morgan fingerprint density at radius 2 is 1.89 bits per heavy atom. The van der Waals surface area contributed by atoms with Gasteiger partial charge in [0.1, 0.15) is 16.7 Å². The first kappa shape index (κ1) is 23.9. The topological polar surface area (TPSA) is 121 Å². The van der Waals surface area contributed by atoms with Gasteiger partial charge in [0.05, 0.1) is 15.1 Å². The lowest BCUT2D eigenvalue weighted by atomic mass is 10.1. The van der Waals surface area contributed by atoms with Gasteiger partial charge in [0.25, 0.3) is 0 Å². The van der Waals surface area contributed by atoms with Crippen LogP contribution in [0.2, 0.25) is 0 Å². The number of hydrogen-bond donors (Lipinski definition) is 2. The maximum atomic E-state index is 12.8. The van der Waals surface area contributed by atoms with Crippen molar-refractivity contribution in [2.24, 2.45) is 0 Å². The predicted octanol–water partition coefficient (Wildman–Crippen LogP) is 4.44. The molecule has 0 unspecified atom stereocenters. The van der Waals surface area contributed by atoms with E-state index in [1.807, 2.05) is 54.6 Å². The Labute approximate surface area is 214 Å². The number of piperidine rings is 1. The molecule has 3 heterocycles. The van der Waals surface area contributed by atoms with Gasteiger partial charge >= 0.3 is 0 Å². The van der Waals surface area contributed by atoms with Gasteiger partial charge in [-0.25, -0.2) is 12.7 Å². The number of hydrogen-bond acceptors (Lipinski definition) is 8. The zero-order valence-electron chi connectivity index (χ0n) is 18.5. The number of H-pyrrole nitrogens is 1. The molecule has 1 fully saturated rings. The highest BCUT2D eigenvalue weighted by Gasteiger charge is 2.29. The average molecular weight is 576 g/mol. The predicted molar refractivity (Wildman–Crippen MR) is 137 cm³/mol. The van der Waals surface area contributed by atoms with Crippen LogP contribution in [-0.4, -0.2) is 57.6 Å². The van der Waals surface area contributed by atoms with E-state index in [0.717, 1.165) is 16.0 Å². The third-order valence-electron chi connectivity index (χ3n) is 5.76. The summed E-state index contributed by atoms with van der Waals surface area (Å²) in [7, 11) is -3.37. The zero-order valence-corrected chi connectivity index (χ0v) is 21.7. The normalized spacial score (nSPS) is 15.3. The van der Waals surface area contributed by atoms with Gasteiger partial charge in [0.2, 0.25) is 15.8 Å². The van der Waals surface area contributed by atoms with Crippen LogP contribution in [0.25, 0.3) is 21.1 Å². The Hall–Kier alpha value is -2.80. The first-order chi connectivity index (χ1) is 16.9. The molecule has 4 aromatic rings. The van der Waals surface area contributed by atoms with Crippen LogP contribution in [0.5, 0.6) is 11.5 Å². The summed E-state index contributed by atoms with van der Waals surface area (Å²) in [6.07, 6.45) is 1.15. The lowest BCUT2D eigenvalue weighted by Gasteiger charge is -2.31. The highest BCUT2D eigenvalue weighted by Crippen LogP contribution is 2.48. The minimum Gasteiger partial charge on any atom is -0.505 e. The second kappa shape index (κ2) is 10.1. The molecular weight excluding hydrogens is 554 g/mol. The second-order valence-electron chi connectivity index (χ2n) is 8.14. The SMILES string of the molecule is O=S(=O)(Cc1ccccc1)N1CCC(Oc2cccc(-c3sc(-c4nn[nH]n4)c(O)c3Br)c2)CC1. The fourth-order valence-corrected chi connectivity index (χ4v) is 7.38. The molecule has 182 valence electrons. The van der Waals surface area contributed by atoms with Gasteiger partial charge < -0.3 is 9.84 Å². The summed E-state index contributed by atoms with van der Waals surface area (Å²) in [5.74, 6) is 1.08. The smallest absolute Gasteiger partial charge is 0.218 e. The molecule has 1 aliphatic heterocycles. The largest absolute Gasteiger partial charge is 0.505 e. The van der Waals surface area contributed by atoms with Crippen LogP contribution in [0.15, 0.2) is 59.1 Å². The van der Waals surface area contributed by atoms with Gasteiger partial charge in [-0.05, 0) is 57.2 Å². The molecule has 0 saturated carbocycles. The molecule has 2 aromatic carbocycles. The molecule has 12 heteroatoms. The summed E-state index contributed by atoms with van der Waals surface area (Å²) in [6, 6.07) is 16.8. The minimum atomic E-state index is -3.37. The standard InChI is InChI=1S/C23H22BrN5O4S2/c24-19-20(30)22(23-25-27-28-26-23)34-21(19)16-7-4-8-18(13-16)33-17-9-11-29(12-10-17)35(31,32)14-15-5-2-1-3-6-15/h1-8,13,17,30H,9-12,14H2,(H,25,26,27,28). The summed E-state index contributed by atoms with van der Waals surface area (Å²) >= 11 is 4.81. The Morgan fingerprint density at radius 1 is 1.11 bits per heavy atom. The molecule has 0 atom stereocenters. The molecule has 35 heavy (non-hydrogen) atoms. The maximum absolute atomic E-state index is 12.8. The fourth-order valence-electron chi connectivity index (χ4n) is 4.00. The van der Waals surface area contributed by atoms with Gasteiger partial charge in [-0.2, -0.15) is 5.21 Å². The molecule has 0 aliphatic carbocycles. The summed E-state index contributed by atoms with van der Waals surface area (Å²) in [5.41, 5.74) is 1.66. The van der Waals surface area contributed by atoms with E-state index in [1.165, 1.54) is 11.3 Å². The number of rotatable bonds is 7. The van der Waals surface area contributed by atoms with Crippen molar-refractivity contribution in [2.75, 3.05) is 13.1 Å². The van der Waals surface area contributed by atoms with E-state index in [1.54, 1.807) is 4.31 Å². The fraction of sp³-hybridized carbons (Fsp3) is 0.261. The summed E-state index contributed by atoms with van der Waals surface area (Å²) in [5, 5.41) is 24.4. The summed E-state index contributed by atoms with van der Waals surface area (Å²) in [4.78, 5) is 1.32. The molecule has 0 radical (unpaired) electrons. The van der Waals surface area contributed by atoms with Crippen LogP contribution >= 0.6 is 27.3 Å². The van der Waals surface area contributed by atoms with E-state index >= 15 is 0 Å². The van der Waals surface area contributed by atoms with E-state index < -0.39 is 10.0 Å². The van der Waals surface area contributed by atoms with Crippen LogP contribution in [0.4, 0.5) is 0 Å². The number of nitrogens with zero attached hydrogens (tertiary/aromatic N) is 4. The van der Waals surface area contributed by atoms with Crippen molar-refractivity contribution in [1.82, 2.24) is 24.9 Å². The molecule has 2 aromatic heterocycles. The summed E-state index contributed by atoms with van der Waals surface area (Å²) in [6.45, 7) is 0.857. The third-order valence-corrected chi connectivity index (χ3v) is 9.87. The lowest BCUT2D eigenvalue weighted by molar-refractivity contribution is 0.135. The van der Waals surface area contributed by atoms with E-state index in [9.17, 15) is 13.5 Å². The Kier molecular flexibility index (Phi) is 6.87. The number of thiophene rings is 1. The number of aromatic nitrogens is 4. The van der Waals surface area contributed by atoms with Crippen LogP contribution in [0.3, 0.4) is 0 Å². The molecule has 1 aliphatic rings. The first-order valence-electron chi connectivity index (χ1n) is 10.9. The first-order valence-corrected chi connectivity index (χ1v) is 14.2. The molecule has 2 N–H and O–H groups in total. The Balaban J connectivity index is 1.25. The van der Waals surface area contributed by atoms with E-state index in [0.29, 0.717) is 46.9 Å². The van der Waals surface area contributed by atoms with Crippen molar-refractivity contribution in [3.63, 3.8) is 0 Å². The van der Waals surface area contributed by atoms with Crippen molar-refractivity contribution in [1.29, 1.82) is 0 Å². The van der Waals surface area contributed by atoms with E-state index in [2.05, 4.69) is 36.6 Å². The number of tetrazole rings is 1. The highest BCUT2D eigenvalue weighted by atomic mass is 79.9. The number of benzene rings is 2.